The van der Waals surface area contributed by atoms with Crippen LogP contribution in [0.1, 0.15) is 78.6 Å². The van der Waals surface area contributed by atoms with Gasteiger partial charge in [-0.25, -0.2) is 0 Å². The molecular formula is C31H46O7. The van der Waals surface area contributed by atoms with E-state index < -0.39 is 12.2 Å². The second-order valence-electron chi connectivity index (χ2n) is 11.2. The second-order valence-corrected chi connectivity index (χ2v) is 11.2. The predicted molar refractivity (Wildman–Crippen MR) is 146 cm³/mol. The van der Waals surface area contributed by atoms with Gasteiger partial charge in [-0.05, 0) is 57.4 Å². The van der Waals surface area contributed by atoms with Crippen LogP contribution in [0.15, 0.2) is 48.1 Å². The first-order valence-corrected chi connectivity index (χ1v) is 14.2. The molecule has 2 unspecified atom stereocenters. The maximum absolute atomic E-state index is 12.9. The van der Waals surface area contributed by atoms with Crippen LogP contribution in [0, 0.1) is 11.8 Å². The molecule has 3 aliphatic rings. The van der Waals surface area contributed by atoms with Gasteiger partial charge < -0.3 is 24.1 Å². The number of fused-ring (bicyclic) bond motifs is 4. The highest BCUT2D eigenvalue weighted by atomic mass is 16.6. The standard InChI is InChI=1S/C31H46O7/c1-21(16-30(33)35-4)9-6-5-7-12-29-23(3)14-13-22(2)15-25-10-8-11-26(36-25)19-27-17-24(32)18-28(37-27)20-31(34)38-29/h5-7,9,12-14,22-29,32H,8,10-11,15-20H2,1-4H3/b6-5-,12-7+,14-13+,21-9+/t22-,23-,24+,25+,26?,27?,28-,29-/m0/s1. The molecule has 0 spiro atoms. The fraction of sp³-hybridized carbons (Fsp3) is 0.677. The van der Waals surface area contributed by atoms with Gasteiger partial charge in [0.1, 0.15) is 6.10 Å². The molecule has 0 radical (unpaired) electrons. The zero-order valence-corrected chi connectivity index (χ0v) is 23.4. The molecule has 0 amide bonds. The maximum Gasteiger partial charge on any atom is 0.309 e. The topological polar surface area (TPSA) is 91.3 Å². The van der Waals surface area contributed by atoms with Gasteiger partial charge in [0.25, 0.3) is 0 Å². The second kappa shape index (κ2) is 15.4. The monoisotopic (exact) mass is 530 g/mol. The fourth-order valence-electron chi connectivity index (χ4n) is 5.48. The SMILES string of the molecule is COC(=O)C/C(C)=C/C=C\C=C\[C@@H]1OC(=O)C[C@@H]2C[C@H](O)CC(CC3CCC[C@H](C[C@@H](C)/C=C/[C@@H]1C)O3)O2. The number of esters is 2. The zero-order chi connectivity index (χ0) is 27.5. The predicted octanol–water partition coefficient (Wildman–Crippen LogP) is 5.38. The summed E-state index contributed by atoms with van der Waals surface area (Å²) in [6.45, 7) is 6.12. The van der Waals surface area contributed by atoms with Gasteiger partial charge in [-0.1, -0.05) is 55.9 Å². The van der Waals surface area contributed by atoms with Crippen LogP contribution in [0.3, 0.4) is 0 Å². The van der Waals surface area contributed by atoms with E-state index in [1.54, 1.807) is 0 Å². The summed E-state index contributed by atoms with van der Waals surface area (Å²) in [4.78, 5) is 24.3. The van der Waals surface area contributed by atoms with E-state index in [0.717, 1.165) is 37.7 Å². The number of hydrogen-bond acceptors (Lipinski definition) is 7. The Morgan fingerprint density at radius 3 is 2.47 bits per heavy atom. The van der Waals surface area contributed by atoms with Crippen molar-refractivity contribution >= 4 is 11.9 Å². The summed E-state index contributed by atoms with van der Waals surface area (Å²) in [5, 5.41) is 10.5. The highest BCUT2D eigenvalue weighted by Gasteiger charge is 2.34. The number of carbonyl (C=O) groups excluding carboxylic acids is 2. The van der Waals surface area contributed by atoms with Gasteiger partial charge >= 0.3 is 11.9 Å². The minimum absolute atomic E-state index is 0.0267. The molecule has 3 aliphatic heterocycles. The van der Waals surface area contributed by atoms with Crippen LogP contribution in [0.25, 0.3) is 0 Å². The summed E-state index contributed by atoms with van der Waals surface area (Å²) in [5.74, 6) is -0.286. The fourth-order valence-corrected chi connectivity index (χ4v) is 5.48. The third kappa shape index (κ3) is 10.5. The largest absolute Gasteiger partial charge is 0.469 e. The normalized spacial score (nSPS) is 36.7. The lowest BCUT2D eigenvalue weighted by Gasteiger charge is -2.37. The van der Waals surface area contributed by atoms with Crippen LogP contribution in [-0.4, -0.2) is 60.8 Å². The van der Waals surface area contributed by atoms with Crippen LogP contribution >= 0.6 is 0 Å². The molecular weight excluding hydrogens is 484 g/mol. The number of methoxy groups -OCH3 is 1. The van der Waals surface area contributed by atoms with Gasteiger partial charge in [0.2, 0.25) is 0 Å². The molecule has 7 heteroatoms. The Hall–Kier alpha value is -2.22. The number of hydrogen-bond donors (Lipinski definition) is 1. The van der Waals surface area contributed by atoms with Crippen molar-refractivity contribution in [3.63, 3.8) is 0 Å². The molecule has 4 bridgehead atoms. The first kappa shape index (κ1) is 30.3. The van der Waals surface area contributed by atoms with E-state index in [2.05, 4.69) is 19.1 Å². The lowest BCUT2D eigenvalue weighted by atomic mass is 9.90. The average Bonchev–Trinajstić information content (AvgIpc) is 2.85. The van der Waals surface area contributed by atoms with E-state index in [4.69, 9.17) is 18.9 Å². The molecule has 0 aromatic carbocycles. The van der Waals surface area contributed by atoms with Crippen molar-refractivity contribution in [1.82, 2.24) is 0 Å². The smallest absolute Gasteiger partial charge is 0.309 e. The third-order valence-electron chi connectivity index (χ3n) is 7.53. The number of carbonyl (C=O) groups is 2. The van der Waals surface area contributed by atoms with E-state index in [1.165, 1.54) is 7.11 Å². The summed E-state index contributed by atoms with van der Waals surface area (Å²) in [6, 6.07) is 0. The zero-order valence-electron chi connectivity index (χ0n) is 23.4. The minimum Gasteiger partial charge on any atom is -0.469 e. The van der Waals surface area contributed by atoms with Gasteiger partial charge in [-0.3, -0.25) is 9.59 Å². The van der Waals surface area contributed by atoms with Gasteiger partial charge in [0.05, 0.1) is 50.5 Å². The molecule has 0 saturated carbocycles. The van der Waals surface area contributed by atoms with Crippen LogP contribution < -0.4 is 0 Å². The van der Waals surface area contributed by atoms with Crippen molar-refractivity contribution in [2.75, 3.05) is 7.11 Å². The first-order chi connectivity index (χ1) is 18.2. The summed E-state index contributed by atoms with van der Waals surface area (Å²) in [6.07, 6.45) is 18.9. The summed E-state index contributed by atoms with van der Waals surface area (Å²) in [7, 11) is 1.38. The lowest BCUT2D eigenvalue weighted by molar-refractivity contribution is -0.161. The van der Waals surface area contributed by atoms with Gasteiger partial charge in [0, 0.05) is 12.3 Å². The molecule has 2 fully saturated rings. The van der Waals surface area contributed by atoms with Crippen molar-refractivity contribution in [2.24, 2.45) is 11.8 Å². The summed E-state index contributed by atoms with van der Waals surface area (Å²) < 4.78 is 23.3. The van der Waals surface area contributed by atoms with Gasteiger partial charge in [-0.15, -0.1) is 0 Å². The third-order valence-corrected chi connectivity index (χ3v) is 7.53. The Bertz CT molecular complexity index is 889. The molecule has 3 heterocycles. The van der Waals surface area contributed by atoms with E-state index in [-0.39, 0.29) is 55.1 Å². The highest BCUT2D eigenvalue weighted by Crippen LogP contribution is 2.31. The van der Waals surface area contributed by atoms with Crippen molar-refractivity contribution in [1.29, 1.82) is 0 Å². The molecule has 3 rings (SSSR count). The van der Waals surface area contributed by atoms with Crippen molar-refractivity contribution in [3.8, 4) is 0 Å². The first-order valence-electron chi connectivity index (χ1n) is 14.2. The Morgan fingerprint density at radius 1 is 1.00 bits per heavy atom. The maximum atomic E-state index is 12.9. The number of ether oxygens (including phenoxy) is 4. The summed E-state index contributed by atoms with van der Waals surface area (Å²) >= 11 is 0. The molecule has 7 nitrogen and oxygen atoms in total. The van der Waals surface area contributed by atoms with Crippen LogP contribution in [0.2, 0.25) is 0 Å². The van der Waals surface area contributed by atoms with E-state index >= 15 is 0 Å². The number of aliphatic hydroxyl groups is 1. The van der Waals surface area contributed by atoms with Gasteiger partial charge in [-0.2, -0.15) is 0 Å². The Balaban J connectivity index is 1.73. The van der Waals surface area contributed by atoms with Crippen LogP contribution in [-0.2, 0) is 28.5 Å². The molecule has 212 valence electrons. The molecule has 38 heavy (non-hydrogen) atoms. The van der Waals surface area contributed by atoms with Gasteiger partial charge in [0.15, 0.2) is 0 Å². The van der Waals surface area contributed by atoms with Crippen LogP contribution in [0.5, 0.6) is 0 Å². The molecule has 0 aromatic heterocycles. The minimum atomic E-state index is -0.483. The Kier molecular flexibility index (Phi) is 12.3. The Morgan fingerprint density at radius 2 is 1.71 bits per heavy atom. The molecule has 0 aliphatic carbocycles. The lowest BCUT2D eigenvalue weighted by Crippen LogP contribution is -2.40. The number of rotatable bonds is 5. The van der Waals surface area contributed by atoms with Crippen LogP contribution in [0.4, 0.5) is 0 Å². The van der Waals surface area contributed by atoms with Crippen molar-refractivity contribution in [2.45, 2.75) is 115 Å². The molecule has 2 saturated heterocycles. The molecule has 0 aromatic rings. The summed E-state index contributed by atoms with van der Waals surface area (Å²) in [5.41, 5.74) is 0.893. The van der Waals surface area contributed by atoms with Crippen molar-refractivity contribution < 1.29 is 33.6 Å². The van der Waals surface area contributed by atoms with E-state index in [9.17, 15) is 14.7 Å². The quantitative estimate of drug-likeness (QED) is 0.290. The number of allylic oxidation sites excluding steroid dienone is 5. The number of aliphatic hydroxyl groups excluding tert-OH is 1. The molecule has 8 atom stereocenters. The molecule has 1 N–H and O–H groups in total. The van der Waals surface area contributed by atoms with Crippen molar-refractivity contribution in [3.05, 3.63) is 48.1 Å². The highest BCUT2D eigenvalue weighted by molar-refractivity contribution is 5.72. The number of cyclic esters (lactones) is 1. The Labute approximate surface area is 227 Å². The van der Waals surface area contributed by atoms with E-state index in [1.807, 2.05) is 44.2 Å². The average molecular weight is 531 g/mol. The van der Waals surface area contributed by atoms with E-state index in [0.29, 0.717) is 18.8 Å².